The van der Waals surface area contributed by atoms with Crippen LogP contribution in [0.5, 0.6) is 0 Å². The maximum absolute atomic E-state index is 13.1. The Kier molecular flexibility index (Phi) is 5.62. The van der Waals surface area contributed by atoms with Gasteiger partial charge in [0.25, 0.3) is 17.0 Å². The van der Waals surface area contributed by atoms with E-state index in [-0.39, 0.29) is 17.7 Å². The van der Waals surface area contributed by atoms with Gasteiger partial charge in [0.05, 0.1) is 23.2 Å². The number of amides is 1. The quantitative estimate of drug-likeness (QED) is 0.323. The zero-order valence-corrected chi connectivity index (χ0v) is 20.1. The van der Waals surface area contributed by atoms with Crippen molar-refractivity contribution in [2.75, 3.05) is 5.75 Å². The van der Waals surface area contributed by atoms with Gasteiger partial charge in [-0.3, -0.25) is 4.79 Å². The molecule has 5 heterocycles. The van der Waals surface area contributed by atoms with E-state index in [1.807, 2.05) is 12.1 Å². The standard InChI is InChI=1S/C24H22N4O4S2/c1-14-6-7-20-15(10-14)11-21(34-20)23-25-26-24(32-23)33-13-22(29)28-17(19-5-3-9-31-19)12-16(27-28)18-4-2-8-30-18/h2-5,8-9,11,14,17H,6-7,10,12-13H2,1H3/t14-,17+/m0/s1. The molecule has 1 aliphatic heterocycles. The highest BCUT2D eigenvalue weighted by atomic mass is 32.2. The summed E-state index contributed by atoms with van der Waals surface area (Å²) in [6.07, 6.45) is 7.14. The average molecular weight is 495 g/mol. The molecule has 174 valence electrons. The van der Waals surface area contributed by atoms with E-state index >= 15 is 0 Å². The topological polar surface area (TPSA) is 97.9 Å². The fourth-order valence-corrected chi connectivity index (χ4v) is 6.15. The molecule has 2 atom stereocenters. The van der Waals surface area contributed by atoms with Gasteiger partial charge >= 0.3 is 0 Å². The first-order valence-corrected chi connectivity index (χ1v) is 13.0. The molecular formula is C24H22N4O4S2. The second-order valence-electron chi connectivity index (χ2n) is 8.57. The van der Waals surface area contributed by atoms with Crippen LogP contribution in [0.4, 0.5) is 0 Å². The number of hydrogen-bond donors (Lipinski definition) is 0. The predicted octanol–water partition coefficient (Wildman–Crippen LogP) is 5.58. The number of thiophene rings is 1. The number of furan rings is 2. The maximum atomic E-state index is 13.1. The van der Waals surface area contributed by atoms with Gasteiger partial charge in [-0.2, -0.15) is 5.10 Å². The fourth-order valence-electron chi connectivity index (χ4n) is 4.40. The number of carbonyl (C=O) groups is 1. The van der Waals surface area contributed by atoms with Crippen molar-refractivity contribution in [2.24, 2.45) is 11.0 Å². The summed E-state index contributed by atoms with van der Waals surface area (Å²) in [5.74, 6) is 2.49. The SMILES string of the molecule is C[C@H]1CCc2sc(-c3nnc(SCC(=O)N4N=C(c5ccco5)C[C@@H]4c4ccco4)o3)cc2C1. The van der Waals surface area contributed by atoms with Crippen LogP contribution in [0.3, 0.4) is 0 Å². The van der Waals surface area contributed by atoms with Crippen LogP contribution in [0, 0.1) is 5.92 Å². The molecule has 1 aliphatic carbocycles. The molecule has 4 aromatic heterocycles. The third-order valence-corrected chi connectivity index (χ3v) is 8.14. The third kappa shape index (κ3) is 4.12. The van der Waals surface area contributed by atoms with E-state index in [1.165, 1.54) is 33.6 Å². The summed E-state index contributed by atoms with van der Waals surface area (Å²) in [5.41, 5.74) is 2.10. The second-order valence-corrected chi connectivity index (χ2v) is 10.6. The molecule has 0 N–H and O–H groups in total. The monoisotopic (exact) mass is 494 g/mol. The highest BCUT2D eigenvalue weighted by molar-refractivity contribution is 7.99. The summed E-state index contributed by atoms with van der Waals surface area (Å²) in [4.78, 5) is 15.5. The molecule has 0 aromatic carbocycles. The normalized spacial score (nSPS) is 19.9. The molecule has 0 radical (unpaired) electrons. The Balaban J connectivity index is 1.15. The number of carbonyl (C=O) groups excluding carboxylic acids is 1. The van der Waals surface area contributed by atoms with Crippen LogP contribution >= 0.6 is 23.1 Å². The number of hydrazone groups is 1. The molecule has 8 nitrogen and oxygen atoms in total. The van der Waals surface area contributed by atoms with Crippen LogP contribution in [0.15, 0.2) is 66.4 Å². The molecule has 0 bridgehead atoms. The van der Waals surface area contributed by atoms with Crippen LogP contribution in [0.25, 0.3) is 10.8 Å². The zero-order valence-electron chi connectivity index (χ0n) is 18.5. The van der Waals surface area contributed by atoms with Crippen molar-refractivity contribution in [3.05, 3.63) is 64.8 Å². The van der Waals surface area contributed by atoms with Crippen molar-refractivity contribution in [2.45, 2.75) is 43.9 Å². The van der Waals surface area contributed by atoms with E-state index in [2.05, 4.69) is 28.3 Å². The van der Waals surface area contributed by atoms with E-state index in [1.54, 1.807) is 36.0 Å². The minimum Gasteiger partial charge on any atom is -0.467 e. The minimum absolute atomic E-state index is 0.117. The van der Waals surface area contributed by atoms with Crippen LogP contribution in [0.1, 0.15) is 47.8 Å². The molecule has 10 heteroatoms. The van der Waals surface area contributed by atoms with Crippen molar-refractivity contribution >= 4 is 34.7 Å². The molecule has 4 aromatic rings. The van der Waals surface area contributed by atoms with Crippen molar-refractivity contribution in [3.8, 4) is 10.8 Å². The lowest BCUT2D eigenvalue weighted by atomic mass is 9.90. The number of thioether (sulfide) groups is 1. The highest BCUT2D eigenvalue weighted by Crippen LogP contribution is 2.38. The van der Waals surface area contributed by atoms with Crippen molar-refractivity contribution in [1.29, 1.82) is 0 Å². The predicted molar refractivity (Wildman–Crippen MR) is 128 cm³/mol. The van der Waals surface area contributed by atoms with Gasteiger partial charge in [-0.15, -0.1) is 21.5 Å². The van der Waals surface area contributed by atoms with Crippen LogP contribution in [-0.4, -0.2) is 32.6 Å². The first kappa shape index (κ1) is 21.4. The number of aromatic nitrogens is 2. The largest absolute Gasteiger partial charge is 0.467 e. The van der Waals surface area contributed by atoms with Crippen LogP contribution in [-0.2, 0) is 17.6 Å². The molecule has 0 spiro atoms. The number of fused-ring (bicyclic) bond motifs is 1. The Morgan fingerprint density at radius 3 is 2.91 bits per heavy atom. The van der Waals surface area contributed by atoms with Crippen LogP contribution in [0.2, 0.25) is 0 Å². The molecule has 1 amide bonds. The van der Waals surface area contributed by atoms with Gasteiger partial charge in [-0.05, 0) is 61.1 Å². The van der Waals surface area contributed by atoms with E-state index in [0.717, 1.165) is 17.7 Å². The lowest BCUT2D eigenvalue weighted by Gasteiger charge is -2.19. The Morgan fingerprint density at radius 1 is 1.21 bits per heavy atom. The summed E-state index contributed by atoms with van der Waals surface area (Å²) >= 11 is 2.94. The van der Waals surface area contributed by atoms with Crippen molar-refractivity contribution < 1.29 is 18.0 Å². The smallest absolute Gasteiger partial charge is 0.277 e. The summed E-state index contributed by atoms with van der Waals surface area (Å²) in [6.45, 7) is 2.29. The Bertz CT molecular complexity index is 1320. The third-order valence-electron chi connectivity index (χ3n) is 6.11. The van der Waals surface area contributed by atoms with E-state index in [0.29, 0.717) is 40.7 Å². The fraction of sp³-hybridized carbons (Fsp3) is 0.333. The second kappa shape index (κ2) is 8.92. The number of aryl methyl sites for hydroxylation is 1. The minimum atomic E-state index is -0.318. The van der Waals surface area contributed by atoms with E-state index < -0.39 is 0 Å². The summed E-state index contributed by atoms with van der Waals surface area (Å²) in [6, 6.07) is 9.15. The molecule has 0 saturated heterocycles. The summed E-state index contributed by atoms with van der Waals surface area (Å²) < 4.78 is 16.9. The Labute approximate surface area is 204 Å². The van der Waals surface area contributed by atoms with Gasteiger partial charge in [-0.25, -0.2) is 5.01 Å². The lowest BCUT2D eigenvalue weighted by Crippen LogP contribution is -2.28. The van der Waals surface area contributed by atoms with Gasteiger partial charge in [-0.1, -0.05) is 18.7 Å². The Morgan fingerprint density at radius 2 is 2.09 bits per heavy atom. The molecule has 0 unspecified atom stereocenters. The average Bonchev–Trinajstić information content (AvgIpc) is 3.66. The summed E-state index contributed by atoms with van der Waals surface area (Å²) in [7, 11) is 0. The molecule has 2 aliphatic rings. The molecule has 0 saturated carbocycles. The number of hydrogen-bond acceptors (Lipinski definition) is 9. The highest BCUT2D eigenvalue weighted by Gasteiger charge is 2.35. The molecule has 6 rings (SSSR count). The molecule has 0 fully saturated rings. The zero-order chi connectivity index (χ0) is 23.1. The number of nitrogens with zero attached hydrogens (tertiary/aromatic N) is 4. The van der Waals surface area contributed by atoms with E-state index in [9.17, 15) is 4.79 Å². The van der Waals surface area contributed by atoms with Crippen molar-refractivity contribution in [3.63, 3.8) is 0 Å². The first-order chi connectivity index (χ1) is 16.6. The van der Waals surface area contributed by atoms with Gasteiger partial charge in [0.2, 0.25) is 0 Å². The molecular weight excluding hydrogens is 472 g/mol. The molecule has 34 heavy (non-hydrogen) atoms. The first-order valence-electron chi connectivity index (χ1n) is 11.2. The van der Waals surface area contributed by atoms with Crippen molar-refractivity contribution in [1.82, 2.24) is 15.2 Å². The lowest BCUT2D eigenvalue weighted by molar-refractivity contribution is -0.130. The van der Waals surface area contributed by atoms with Gasteiger partial charge in [0.15, 0.2) is 0 Å². The van der Waals surface area contributed by atoms with Gasteiger partial charge in [0.1, 0.15) is 23.3 Å². The van der Waals surface area contributed by atoms with Crippen LogP contribution < -0.4 is 0 Å². The van der Waals surface area contributed by atoms with E-state index in [4.69, 9.17) is 13.3 Å². The summed E-state index contributed by atoms with van der Waals surface area (Å²) in [5, 5.41) is 14.7. The van der Waals surface area contributed by atoms with Gasteiger partial charge < -0.3 is 13.3 Å². The number of rotatable bonds is 6. The Hall–Kier alpha value is -3.11. The van der Waals surface area contributed by atoms with Gasteiger partial charge in [0, 0.05) is 11.3 Å². The maximum Gasteiger partial charge on any atom is 0.277 e.